The molecule has 104 valence electrons. The first-order valence-electron chi connectivity index (χ1n) is 6.57. The van der Waals surface area contributed by atoms with Crippen molar-refractivity contribution in [1.82, 2.24) is 10.2 Å². The number of rotatable bonds is 1. The quantitative estimate of drug-likeness (QED) is 0.820. The van der Waals surface area contributed by atoms with Crippen LogP contribution in [0.3, 0.4) is 0 Å². The second kappa shape index (κ2) is 5.80. The minimum absolute atomic E-state index is 0. The summed E-state index contributed by atoms with van der Waals surface area (Å²) in [6, 6.07) is 5.45. The fourth-order valence-corrected chi connectivity index (χ4v) is 2.85. The number of halogens is 1. The van der Waals surface area contributed by atoms with E-state index < -0.39 is 0 Å². The van der Waals surface area contributed by atoms with E-state index in [-0.39, 0.29) is 30.1 Å². The fraction of sp³-hybridized carbons (Fsp3) is 0.500. The summed E-state index contributed by atoms with van der Waals surface area (Å²) >= 11 is 0. The van der Waals surface area contributed by atoms with Crippen LogP contribution in [0.2, 0.25) is 0 Å². The van der Waals surface area contributed by atoms with E-state index in [1.165, 1.54) is 5.56 Å². The van der Waals surface area contributed by atoms with Gasteiger partial charge in [-0.1, -0.05) is 6.07 Å². The first-order valence-corrected chi connectivity index (χ1v) is 6.57. The zero-order valence-corrected chi connectivity index (χ0v) is 11.6. The zero-order valence-electron chi connectivity index (χ0n) is 10.8. The monoisotopic (exact) mass is 282 g/mol. The van der Waals surface area contributed by atoms with Gasteiger partial charge in [0.15, 0.2) is 0 Å². The van der Waals surface area contributed by atoms with E-state index in [9.17, 15) is 9.90 Å². The molecule has 2 N–H and O–H groups in total. The normalized spacial score (nSPS) is 21.7. The van der Waals surface area contributed by atoms with E-state index in [0.29, 0.717) is 6.54 Å². The van der Waals surface area contributed by atoms with Gasteiger partial charge in [-0.15, -0.1) is 12.4 Å². The van der Waals surface area contributed by atoms with Gasteiger partial charge >= 0.3 is 0 Å². The average molecular weight is 283 g/mol. The van der Waals surface area contributed by atoms with Gasteiger partial charge < -0.3 is 15.3 Å². The second-order valence-corrected chi connectivity index (χ2v) is 5.11. The zero-order chi connectivity index (χ0) is 12.5. The van der Waals surface area contributed by atoms with Gasteiger partial charge in [-0.25, -0.2) is 0 Å². The number of amides is 1. The van der Waals surface area contributed by atoms with Gasteiger partial charge in [0.1, 0.15) is 5.75 Å². The van der Waals surface area contributed by atoms with Crippen molar-refractivity contribution in [2.75, 3.05) is 13.1 Å². The molecule has 2 heterocycles. The van der Waals surface area contributed by atoms with Crippen molar-refractivity contribution >= 4 is 18.3 Å². The fourth-order valence-electron chi connectivity index (χ4n) is 2.85. The molecule has 1 aromatic carbocycles. The van der Waals surface area contributed by atoms with E-state index in [0.717, 1.165) is 37.9 Å². The van der Waals surface area contributed by atoms with Crippen molar-refractivity contribution in [3.8, 4) is 5.75 Å². The number of benzene rings is 1. The first kappa shape index (κ1) is 14.2. The number of carbonyl (C=O) groups excluding carboxylic acids is 1. The van der Waals surface area contributed by atoms with Gasteiger partial charge in [0.05, 0.1) is 6.04 Å². The van der Waals surface area contributed by atoms with Crippen LogP contribution in [0.25, 0.3) is 0 Å². The summed E-state index contributed by atoms with van der Waals surface area (Å²) in [5.41, 5.74) is 2.32. The Labute approximate surface area is 119 Å². The SMILES string of the molecule is Cl.O=C([C@@H]1CCCN1)N1CCc2ccc(O)cc2C1. The summed E-state index contributed by atoms with van der Waals surface area (Å²) in [6.45, 7) is 2.36. The van der Waals surface area contributed by atoms with Gasteiger partial charge in [0, 0.05) is 13.1 Å². The molecular formula is C14H19ClN2O2. The van der Waals surface area contributed by atoms with E-state index in [4.69, 9.17) is 0 Å². The largest absolute Gasteiger partial charge is 0.508 e. The molecular weight excluding hydrogens is 264 g/mol. The van der Waals surface area contributed by atoms with Gasteiger partial charge in [0.25, 0.3) is 0 Å². The van der Waals surface area contributed by atoms with Crippen LogP contribution in [0.15, 0.2) is 18.2 Å². The van der Waals surface area contributed by atoms with Crippen LogP contribution in [0.1, 0.15) is 24.0 Å². The predicted octanol–water partition coefficient (Wildman–Crippen LogP) is 1.45. The molecule has 19 heavy (non-hydrogen) atoms. The molecule has 0 aromatic heterocycles. The number of aromatic hydroxyl groups is 1. The number of fused-ring (bicyclic) bond motifs is 1. The topological polar surface area (TPSA) is 52.6 Å². The summed E-state index contributed by atoms with van der Waals surface area (Å²) < 4.78 is 0. The number of hydrogen-bond donors (Lipinski definition) is 2. The highest BCUT2D eigenvalue weighted by Gasteiger charge is 2.29. The Morgan fingerprint density at radius 3 is 2.95 bits per heavy atom. The summed E-state index contributed by atoms with van der Waals surface area (Å²) in [6.07, 6.45) is 2.91. The number of phenolic OH excluding ortho intramolecular Hbond substituents is 1. The van der Waals surface area contributed by atoms with Gasteiger partial charge in [-0.05, 0) is 49.1 Å². The summed E-state index contributed by atoms with van der Waals surface area (Å²) in [7, 11) is 0. The van der Waals surface area contributed by atoms with Crippen LogP contribution in [-0.2, 0) is 17.8 Å². The average Bonchev–Trinajstić information content (AvgIpc) is 2.90. The number of phenols is 1. The molecule has 0 spiro atoms. The van der Waals surface area contributed by atoms with Gasteiger partial charge in [-0.3, -0.25) is 4.79 Å². The molecule has 3 rings (SSSR count). The maximum absolute atomic E-state index is 12.3. The third-order valence-corrected chi connectivity index (χ3v) is 3.87. The molecule has 5 heteroatoms. The van der Waals surface area contributed by atoms with E-state index in [1.807, 2.05) is 11.0 Å². The third-order valence-electron chi connectivity index (χ3n) is 3.87. The molecule has 1 aromatic rings. The number of hydrogen-bond acceptors (Lipinski definition) is 3. The molecule has 0 bridgehead atoms. The van der Waals surface area contributed by atoms with E-state index >= 15 is 0 Å². The molecule has 1 amide bonds. The second-order valence-electron chi connectivity index (χ2n) is 5.11. The minimum atomic E-state index is 0. The molecule has 0 unspecified atom stereocenters. The highest BCUT2D eigenvalue weighted by molar-refractivity contribution is 5.85. The third kappa shape index (κ3) is 2.85. The molecule has 2 aliphatic heterocycles. The van der Waals surface area contributed by atoms with Crippen LogP contribution >= 0.6 is 12.4 Å². The van der Waals surface area contributed by atoms with Crippen molar-refractivity contribution in [2.24, 2.45) is 0 Å². The number of nitrogens with zero attached hydrogens (tertiary/aromatic N) is 1. The Balaban J connectivity index is 0.00000133. The Bertz CT molecular complexity index is 473. The predicted molar refractivity (Wildman–Crippen MR) is 75.5 cm³/mol. The molecule has 4 nitrogen and oxygen atoms in total. The van der Waals surface area contributed by atoms with Crippen molar-refractivity contribution in [3.63, 3.8) is 0 Å². The smallest absolute Gasteiger partial charge is 0.240 e. The molecule has 1 atom stereocenters. The van der Waals surface area contributed by atoms with Crippen molar-refractivity contribution in [3.05, 3.63) is 29.3 Å². The highest BCUT2D eigenvalue weighted by atomic mass is 35.5. The lowest BCUT2D eigenvalue weighted by Crippen LogP contribution is -2.45. The number of carbonyl (C=O) groups is 1. The van der Waals surface area contributed by atoms with Crippen LogP contribution in [0.5, 0.6) is 5.75 Å². The number of nitrogens with one attached hydrogen (secondary N) is 1. The van der Waals surface area contributed by atoms with Crippen molar-refractivity contribution in [1.29, 1.82) is 0 Å². The van der Waals surface area contributed by atoms with Crippen molar-refractivity contribution < 1.29 is 9.90 Å². The van der Waals surface area contributed by atoms with E-state index in [2.05, 4.69) is 5.32 Å². The molecule has 0 aliphatic carbocycles. The standard InChI is InChI=1S/C14H18N2O2.ClH/c17-12-4-3-10-5-7-16(9-11(10)8-12)14(18)13-2-1-6-15-13;/h3-4,8,13,15,17H,1-2,5-7,9H2;1H/t13-;/m0./s1. The van der Waals surface area contributed by atoms with Crippen LogP contribution in [0.4, 0.5) is 0 Å². The van der Waals surface area contributed by atoms with Crippen LogP contribution in [-0.4, -0.2) is 35.0 Å². The lowest BCUT2D eigenvalue weighted by Gasteiger charge is -2.31. The summed E-state index contributed by atoms with van der Waals surface area (Å²) in [5, 5.41) is 12.8. The van der Waals surface area contributed by atoms with E-state index in [1.54, 1.807) is 12.1 Å². The maximum Gasteiger partial charge on any atom is 0.240 e. The van der Waals surface area contributed by atoms with Gasteiger partial charge in [-0.2, -0.15) is 0 Å². The molecule has 0 saturated carbocycles. The molecule has 1 fully saturated rings. The summed E-state index contributed by atoms with van der Waals surface area (Å²) in [4.78, 5) is 14.2. The first-order chi connectivity index (χ1) is 8.74. The Morgan fingerprint density at radius 2 is 2.21 bits per heavy atom. The van der Waals surface area contributed by atoms with Crippen molar-refractivity contribution in [2.45, 2.75) is 31.8 Å². The Morgan fingerprint density at radius 1 is 1.37 bits per heavy atom. The summed E-state index contributed by atoms with van der Waals surface area (Å²) in [5.74, 6) is 0.489. The molecule has 2 aliphatic rings. The van der Waals surface area contributed by atoms with Crippen LogP contribution in [0, 0.1) is 0 Å². The van der Waals surface area contributed by atoms with Crippen LogP contribution < -0.4 is 5.32 Å². The Hall–Kier alpha value is -1.26. The Kier molecular flexibility index (Phi) is 4.32. The lowest BCUT2D eigenvalue weighted by molar-refractivity contribution is -0.134. The van der Waals surface area contributed by atoms with Gasteiger partial charge in [0.2, 0.25) is 5.91 Å². The molecule has 0 radical (unpaired) electrons. The minimum Gasteiger partial charge on any atom is -0.508 e. The maximum atomic E-state index is 12.3. The lowest BCUT2D eigenvalue weighted by atomic mass is 9.99. The highest BCUT2D eigenvalue weighted by Crippen LogP contribution is 2.24. The molecule has 1 saturated heterocycles.